The zero-order valence-corrected chi connectivity index (χ0v) is 22.8. The van der Waals surface area contributed by atoms with Crippen LogP contribution in [0.25, 0.3) is 0 Å². The van der Waals surface area contributed by atoms with Gasteiger partial charge in [0.15, 0.2) is 11.5 Å². The van der Waals surface area contributed by atoms with Gasteiger partial charge >= 0.3 is 12.3 Å². The Balaban J connectivity index is 1.25. The van der Waals surface area contributed by atoms with Gasteiger partial charge in [-0.1, -0.05) is 42.5 Å². The number of esters is 1. The first-order valence-electron chi connectivity index (χ1n) is 13.9. The molecule has 2 heterocycles. The maximum Gasteiger partial charge on any atom is 0.586 e. The van der Waals surface area contributed by atoms with Gasteiger partial charge in [-0.05, 0) is 86.1 Å². The lowest BCUT2D eigenvalue weighted by Crippen LogP contribution is -2.45. The number of aryl methyl sites for hydroxylation is 1. The van der Waals surface area contributed by atoms with Gasteiger partial charge in [-0.25, -0.2) is 4.79 Å². The van der Waals surface area contributed by atoms with Crippen LogP contribution in [0, 0.1) is 6.92 Å². The number of benzene rings is 3. The Hall–Kier alpha value is -3.98. The zero-order valence-electron chi connectivity index (χ0n) is 22.8. The molecular weight excluding hydrogens is 532 g/mol. The number of hydrogen-bond donors (Lipinski definition) is 1. The van der Waals surface area contributed by atoms with Crippen molar-refractivity contribution in [1.29, 1.82) is 0 Å². The van der Waals surface area contributed by atoms with Gasteiger partial charge in [-0.3, -0.25) is 4.79 Å². The smallest absolute Gasteiger partial charge is 0.462 e. The Morgan fingerprint density at radius 2 is 1.63 bits per heavy atom. The van der Waals surface area contributed by atoms with E-state index in [4.69, 9.17) is 9.47 Å². The van der Waals surface area contributed by atoms with Crippen molar-refractivity contribution in [1.82, 2.24) is 5.32 Å². The lowest BCUT2D eigenvalue weighted by molar-refractivity contribution is -0.286. The monoisotopic (exact) mass is 563 g/mol. The van der Waals surface area contributed by atoms with Crippen molar-refractivity contribution >= 4 is 11.9 Å². The normalized spacial score (nSPS) is 23.5. The molecule has 0 spiro atoms. The Labute approximate surface area is 236 Å². The third-order valence-electron chi connectivity index (χ3n) is 7.95. The number of halogens is 2. The molecule has 3 aromatic rings. The number of ether oxygens (including phenoxy) is 4. The number of nitrogens with one attached hydrogen (secondary N) is 1. The van der Waals surface area contributed by atoms with Crippen molar-refractivity contribution in [2.24, 2.45) is 0 Å². The first-order chi connectivity index (χ1) is 19.7. The predicted octanol–water partition coefficient (Wildman–Crippen LogP) is 6.30. The van der Waals surface area contributed by atoms with E-state index in [1.54, 1.807) is 25.1 Å². The average Bonchev–Trinajstić information content (AvgIpc) is 3.70. The van der Waals surface area contributed by atoms with Gasteiger partial charge in [0, 0.05) is 6.04 Å². The summed E-state index contributed by atoms with van der Waals surface area (Å²) < 4.78 is 48.1. The van der Waals surface area contributed by atoms with E-state index in [2.05, 4.69) is 14.8 Å². The van der Waals surface area contributed by atoms with Crippen molar-refractivity contribution in [2.75, 3.05) is 6.61 Å². The molecule has 2 fully saturated rings. The standard InChI is InChI=1S/C32H31F2NO6/c1-3-38-29(36)22-14-19(2)13-21(15-22)27-18-24(17-26(39-27)20-7-5-4-6-8-20)35-30(37)31(11-12-31)23-9-10-25-28(16-23)41-32(33,34)40-25/h4-10,13-16,24,26-27H,3,11-12,17-18H2,1-2H3,(H,35,37)/t24-,26-,27+/m0/s1. The van der Waals surface area contributed by atoms with Crippen LogP contribution in [0.5, 0.6) is 11.5 Å². The lowest BCUT2D eigenvalue weighted by atomic mass is 9.88. The molecule has 1 saturated heterocycles. The Morgan fingerprint density at radius 1 is 0.927 bits per heavy atom. The molecule has 2 aliphatic heterocycles. The van der Waals surface area contributed by atoms with Crippen LogP contribution in [-0.2, 0) is 19.7 Å². The molecule has 1 N–H and O–H groups in total. The third kappa shape index (κ3) is 5.51. The number of rotatable bonds is 7. The Kier molecular flexibility index (Phi) is 6.93. The van der Waals surface area contributed by atoms with Crippen molar-refractivity contribution in [2.45, 2.75) is 69.5 Å². The summed E-state index contributed by atoms with van der Waals surface area (Å²) in [6.07, 6.45) is -2.11. The number of alkyl halides is 2. The van der Waals surface area contributed by atoms with Gasteiger partial charge < -0.3 is 24.3 Å². The number of fused-ring (bicyclic) bond motifs is 1. The Bertz CT molecular complexity index is 1470. The molecule has 41 heavy (non-hydrogen) atoms. The summed E-state index contributed by atoms with van der Waals surface area (Å²) in [5.74, 6) is -0.668. The highest BCUT2D eigenvalue weighted by Gasteiger charge is 2.53. The van der Waals surface area contributed by atoms with Crippen LogP contribution in [0.15, 0.2) is 66.7 Å². The van der Waals surface area contributed by atoms with Crippen LogP contribution in [0.2, 0.25) is 0 Å². The summed E-state index contributed by atoms with van der Waals surface area (Å²) in [6.45, 7) is 3.96. The van der Waals surface area contributed by atoms with Gasteiger partial charge in [-0.2, -0.15) is 0 Å². The average molecular weight is 564 g/mol. The minimum absolute atomic E-state index is 0.0479. The molecule has 3 atom stereocenters. The fourth-order valence-electron chi connectivity index (χ4n) is 5.81. The van der Waals surface area contributed by atoms with Crippen molar-refractivity contribution < 1.29 is 37.3 Å². The van der Waals surface area contributed by atoms with Gasteiger partial charge in [0.25, 0.3) is 0 Å². The highest BCUT2D eigenvalue weighted by molar-refractivity contribution is 5.92. The zero-order chi connectivity index (χ0) is 28.8. The molecule has 1 amide bonds. The number of carbonyl (C=O) groups is 2. The highest BCUT2D eigenvalue weighted by Crippen LogP contribution is 2.52. The van der Waals surface area contributed by atoms with Gasteiger partial charge in [0.1, 0.15) is 0 Å². The SMILES string of the molecule is CCOC(=O)c1cc(C)cc([C@H]2C[C@@H](NC(=O)C3(c4ccc5c(c4)OC(F)(F)O5)CC3)C[C@@H](c3ccccc3)O2)c1. The first-order valence-corrected chi connectivity index (χ1v) is 13.9. The molecule has 1 aliphatic carbocycles. The highest BCUT2D eigenvalue weighted by atomic mass is 19.3. The summed E-state index contributed by atoms with van der Waals surface area (Å²) in [6, 6.07) is 19.7. The second kappa shape index (κ2) is 10.4. The van der Waals surface area contributed by atoms with Crippen LogP contribution in [-0.4, -0.2) is 30.8 Å². The lowest BCUT2D eigenvalue weighted by Gasteiger charge is -2.37. The molecule has 214 valence electrons. The first kappa shape index (κ1) is 27.2. The summed E-state index contributed by atoms with van der Waals surface area (Å²) in [4.78, 5) is 26.3. The number of carbonyl (C=O) groups excluding carboxylic acids is 2. The van der Waals surface area contributed by atoms with Crippen LogP contribution < -0.4 is 14.8 Å². The largest absolute Gasteiger partial charge is 0.586 e. The van der Waals surface area contributed by atoms with E-state index in [1.165, 1.54) is 12.1 Å². The summed E-state index contributed by atoms with van der Waals surface area (Å²) in [5, 5.41) is 3.25. The topological polar surface area (TPSA) is 83.1 Å². The molecule has 3 aliphatic rings. The molecule has 0 bridgehead atoms. The van der Waals surface area contributed by atoms with Crippen molar-refractivity contribution in [3.8, 4) is 11.5 Å². The Morgan fingerprint density at radius 3 is 2.34 bits per heavy atom. The number of amides is 1. The molecule has 0 radical (unpaired) electrons. The van der Waals surface area contributed by atoms with Crippen LogP contribution in [0.4, 0.5) is 8.78 Å². The maximum absolute atomic E-state index is 13.7. The van der Waals surface area contributed by atoms with E-state index in [0.717, 1.165) is 16.7 Å². The fraction of sp³-hybridized carbons (Fsp3) is 0.375. The third-order valence-corrected chi connectivity index (χ3v) is 7.95. The van der Waals surface area contributed by atoms with Crippen molar-refractivity contribution in [3.05, 3.63) is 94.5 Å². The van der Waals surface area contributed by atoms with Gasteiger partial charge in [0.05, 0.1) is 29.8 Å². The molecule has 1 saturated carbocycles. The molecular formula is C32H31F2NO6. The van der Waals surface area contributed by atoms with Gasteiger partial charge in [0.2, 0.25) is 5.91 Å². The molecule has 0 unspecified atom stereocenters. The second-order valence-electron chi connectivity index (χ2n) is 10.9. The quantitative estimate of drug-likeness (QED) is 0.340. The molecule has 9 heteroatoms. The van der Waals surface area contributed by atoms with E-state index in [1.807, 2.05) is 43.3 Å². The summed E-state index contributed by atoms with van der Waals surface area (Å²) in [5.41, 5.74) is 3.00. The number of hydrogen-bond acceptors (Lipinski definition) is 6. The molecule has 6 rings (SSSR count). The minimum atomic E-state index is -3.72. The molecule has 7 nitrogen and oxygen atoms in total. The van der Waals surface area contributed by atoms with E-state index in [-0.39, 0.29) is 42.3 Å². The summed E-state index contributed by atoms with van der Waals surface area (Å²) in [7, 11) is 0. The maximum atomic E-state index is 13.7. The van der Waals surface area contributed by atoms with E-state index in [0.29, 0.717) is 36.8 Å². The van der Waals surface area contributed by atoms with E-state index in [9.17, 15) is 18.4 Å². The van der Waals surface area contributed by atoms with E-state index >= 15 is 0 Å². The molecule has 3 aromatic carbocycles. The van der Waals surface area contributed by atoms with Crippen LogP contribution in [0.1, 0.15) is 77.4 Å². The minimum Gasteiger partial charge on any atom is -0.462 e. The van der Waals surface area contributed by atoms with Crippen LogP contribution >= 0.6 is 0 Å². The van der Waals surface area contributed by atoms with Crippen molar-refractivity contribution in [3.63, 3.8) is 0 Å². The van der Waals surface area contributed by atoms with Gasteiger partial charge in [-0.15, -0.1) is 8.78 Å². The fourth-order valence-corrected chi connectivity index (χ4v) is 5.81. The summed E-state index contributed by atoms with van der Waals surface area (Å²) >= 11 is 0. The van der Waals surface area contributed by atoms with E-state index < -0.39 is 17.7 Å². The van der Waals surface area contributed by atoms with Crippen LogP contribution in [0.3, 0.4) is 0 Å². The molecule has 0 aromatic heterocycles. The second-order valence-corrected chi connectivity index (χ2v) is 10.9. The predicted molar refractivity (Wildman–Crippen MR) is 145 cm³/mol.